The fraction of sp³-hybridized carbons (Fsp3) is 0.417. The molecule has 1 aliphatic carbocycles. The minimum Gasteiger partial charge on any atom is -0.508 e. The molecular formula is C24H24N2O7. The number of hydrogen-bond acceptors (Lipinski definition) is 7. The lowest BCUT2D eigenvalue weighted by molar-refractivity contribution is -0.384. The maximum atomic E-state index is 13.5. The maximum absolute atomic E-state index is 13.5. The van der Waals surface area contributed by atoms with E-state index < -0.39 is 40.5 Å². The van der Waals surface area contributed by atoms with Gasteiger partial charge in [0.1, 0.15) is 5.75 Å². The number of amides is 2. The predicted molar refractivity (Wildman–Crippen MR) is 116 cm³/mol. The van der Waals surface area contributed by atoms with E-state index in [0.29, 0.717) is 19.3 Å². The van der Waals surface area contributed by atoms with Crippen molar-refractivity contribution in [2.75, 3.05) is 4.90 Å². The number of nitro benzene ring substituents is 1. The van der Waals surface area contributed by atoms with Crippen molar-refractivity contribution < 1.29 is 29.5 Å². The van der Waals surface area contributed by atoms with Crippen LogP contribution < -0.4 is 4.90 Å². The number of rotatable bonds is 4. The van der Waals surface area contributed by atoms with Gasteiger partial charge in [0.05, 0.1) is 28.6 Å². The van der Waals surface area contributed by atoms with E-state index in [1.54, 1.807) is 24.3 Å². The first-order valence-electron chi connectivity index (χ1n) is 11.1. The Balaban J connectivity index is 1.52. The molecule has 2 aromatic carbocycles. The van der Waals surface area contributed by atoms with Crippen molar-refractivity contribution >= 4 is 23.2 Å². The number of non-ortho nitro benzene ring substituents is 1. The first-order valence-corrected chi connectivity index (χ1v) is 11.1. The van der Waals surface area contributed by atoms with Crippen LogP contribution in [0.15, 0.2) is 48.5 Å². The quantitative estimate of drug-likeness (QED) is 0.413. The minimum atomic E-state index is -1.56. The van der Waals surface area contributed by atoms with E-state index in [1.165, 1.54) is 24.3 Å². The van der Waals surface area contributed by atoms with Gasteiger partial charge in [0.25, 0.3) is 5.69 Å². The van der Waals surface area contributed by atoms with E-state index >= 15 is 0 Å². The van der Waals surface area contributed by atoms with E-state index in [-0.39, 0.29) is 28.9 Å². The number of phenolic OH excluding ortho intramolecular Hbond substituents is 1. The molecule has 9 nitrogen and oxygen atoms in total. The zero-order valence-corrected chi connectivity index (χ0v) is 18.0. The Hall–Kier alpha value is -3.30. The monoisotopic (exact) mass is 452 g/mol. The van der Waals surface area contributed by atoms with Gasteiger partial charge in [-0.15, -0.1) is 0 Å². The second-order valence-electron chi connectivity index (χ2n) is 9.05. The predicted octanol–water partition coefficient (Wildman–Crippen LogP) is 3.30. The molecule has 2 aliphatic heterocycles. The average Bonchev–Trinajstić information content (AvgIpc) is 3.27. The number of phenols is 1. The highest BCUT2D eigenvalue weighted by atomic mass is 16.6. The summed E-state index contributed by atoms with van der Waals surface area (Å²) in [6, 6.07) is 12.0. The molecule has 6 atom stereocenters. The smallest absolute Gasteiger partial charge is 0.271 e. The van der Waals surface area contributed by atoms with Crippen molar-refractivity contribution in [2.45, 2.75) is 38.1 Å². The van der Waals surface area contributed by atoms with Gasteiger partial charge < -0.3 is 14.9 Å². The molecule has 0 bridgehead atoms. The van der Waals surface area contributed by atoms with Crippen LogP contribution in [0.4, 0.5) is 11.4 Å². The fourth-order valence-corrected chi connectivity index (χ4v) is 5.84. The Morgan fingerprint density at radius 3 is 2.55 bits per heavy atom. The number of ether oxygens (including phenoxy) is 1. The van der Waals surface area contributed by atoms with Crippen molar-refractivity contribution in [3.8, 4) is 5.75 Å². The number of fused-ring (bicyclic) bond motifs is 3. The van der Waals surface area contributed by atoms with Gasteiger partial charge in [0.2, 0.25) is 11.8 Å². The summed E-state index contributed by atoms with van der Waals surface area (Å²) in [5, 5.41) is 32.4. The van der Waals surface area contributed by atoms with Crippen LogP contribution in [0.3, 0.4) is 0 Å². The summed E-state index contributed by atoms with van der Waals surface area (Å²) in [4.78, 5) is 38.6. The van der Waals surface area contributed by atoms with Gasteiger partial charge in [-0.3, -0.25) is 19.7 Å². The van der Waals surface area contributed by atoms with Crippen molar-refractivity contribution in [3.05, 3.63) is 64.2 Å². The number of anilines is 1. The summed E-state index contributed by atoms with van der Waals surface area (Å²) in [5.74, 6) is -4.62. The van der Waals surface area contributed by atoms with Crippen LogP contribution in [-0.2, 0) is 14.3 Å². The number of carbonyl (C=O) groups is 2. The van der Waals surface area contributed by atoms with Crippen molar-refractivity contribution in [3.63, 3.8) is 0 Å². The maximum Gasteiger partial charge on any atom is 0.271 e. The van der Waals surface area contributed by atoms with Gasteiger partial charge in [-0.05, 0) is 43.0 Å². The minimum absolute atomic E-state index is 0.114. The molecule has 0 radical (unpaired) electrons. The normalized spacial score (nSPS) is 33.2. The van der Waals surface area contributed by atoms with Crippen LogP contribution in [-0.4, -0.2) is 32.7 Å². The van der Waals surface area contributed by atoms with E-state index in [4.69, 9.17) is 4.74 Å². The number of imide groups is 1. The molecule has 2 aromatic rings. The van der Waals surface area contributed by atoms with E-state index in [2.05, 4.69) is 0 Å². The zero-order valence-electron chi connectivity index (χ0n) is 18.0. The summed E-state index contributed by atoms with van der Waals surface area (Å²) in [6.07, 6.45) is 0.729. The van der Waals surface area contributed by atoms with Crippen LogP contribution >= 0.6 is 0 Å². The second kappa shape index (κ2) is 7.64. The molecule has 0 spiro atoms. The number of nitrogens with zero attached hydrogens (tertiary/aromatic N) is 2. The molecule has 33 heavy (non-hydrogen) atoms. The second-order valence-corrected chi connectivity index (χ2v) is 9.05. The molecule has 2 heterocycles. The molecule has 2 N–H and O–H groups in total. The number of aliphatic hydroxyl groups is 1. The summed E-state index contributed by atoms with van der Waals surface area (Å²) in [5.41, 5.74) is 0.732. The van der Waals surface area contributed by atoms with Crippen molar-refractivity contribution in [2.24, 2.45) is 23.7 Å². The van der Waals surface area contributed by atoms with Gasteiger partial charge in [0, 0.05) is 24.0 Å². The molecule has 0 unspecified atom stereocenters. The fourth-order valence-electron chi connectivity index (χ4n) is 5.84. The summed E-state index contributed by atoms with van der Waals surface area (Å²) < 4.78 is 6.17. The number of benzene rings is 2. The Bertz CT molecular complexity index is 1130. The third kappa shape index (κ3) is 3.22. The first-order chi connectivity index (χ1) is 15.7. The molecule has 1 saturated carbocycles. The van der Waals surface area contributed by atoms with Crippen LogP contribution in [0.5, 0.6) is 5.75 Å². The van der Waals surface area contributed by atoms with E-state index in [1.807, 2.05) is 6.92 Å². The highest BCUT2D eigenvalue weighted by Crippen LogP contribution is 2.59. The van der Waals surface area contributed by atoms with Gasteiger partial charge in [0.15, 0.2) is 5.79 Å². The molecule has 2 saturated heterocycles. The largest absolute Gasteiger partial charge is 0.508 e. The first kappa shape index (κ1) is 21.5. The lowest BCUT2D eigenvalue weighted by atomic mass is 9.64. The van der Waals surface area contributed by atoms with Gasteiger partial charge >= 0.3 is 0 Å². The summed E-state index contributed by atoms with van der Waals surface area (Å²) >= 11 is 0. The van der Waals surface area contributed by atoms with Crippen LogP contribution in [0.1, 0.15) is 37.9 Å². The summed E-state index contributed by atoms with van der Waals surface area (Å²) in [7, 11) is 0. The highest BCUT2D eigenvalue weighted by Gasteiger charge is 2.66. The SMILES string of the molecule is CC[C@H]1C[C@@H]2C(=O)N(c3cccc([N+](=O)[O-])c3)C(=O)[C@@H]2[C@@H]2C[C@@H](c3ccc(O)cc3)O[C@]12O. The molecule has 5 rings (SSSR count). The Labute approximate surface area is 189 Å². The summed E-state index contributed by atoms with van der Waals surface area (Å²) in [6.45, 7) is 1.91. The Morgan fingerprint density at radius 2 is 1.88 bits per heavy atom. The third-order valence-corrected chi connectivity index (χ3v) is 7.42. The molecule has 9 heteroatoms. The molecule has 172 valence electrons. The molecule has 3 fully saturated rings. The Kier molecular flexibility index (Phi) is 4.98. The van der Waals surface area contributed by atoms with Gasteiger partial charge in [-0.25, -0.2) is 4.90 Å². The third-order valence-electron chi connectivity index (χ3n) is 7.42. The lowest BCUT2D eigenvalue weighted by Crippen LogP contribution is -2.53. The topological polar surface area (TPSA) is 130 Å². The Morgan fingerprint density at radius 1 is 1.15 bits per heavy atom. The number of carbonyl (C=O) groups excluding carboxylic acids is 2. The van der Waals surface area contributed by atoms with E-state index in [9.17, 15) is 29.9 Å². The van der Waals surface area contributed by atoms with Gasteiger partial charge in [-0.2, -0.15) is 0 Å². The zero-order chi connectivity index (χ0) is 23.5. The standard InChI is InChI=1S/C24H24N2O7/c1-2-14-10-18-21(19-12-20(33-24(14,19)30)13-6-8-17(27)9-7-13)23(29)25(22(18)28)15-4-3-5-16(11-15)26(31)32/h3-9,11,14,18-21,27,30H,2,10,12H2,1H3/t14-,18-,19-,20-,21-,24+/m0/s1. The molecule has 0 aromatic heterocycles. The molecular weight excluding hydrogens is 428 g/mol. The highest BCUT2D eigenvalue weighted by molar-refractivity contribution is 6.22. The van der Waals surface area contributed by atoms with Crippen LogP contribution in [0.2, 0.25) is 0 Å². The van der Waals surface area contributed by atoms with E-state index in [0.717, 1.165) is 10.5 Å². The molecule has 3 aliphatic rings. The number of nitro groups is 1. The average molecular weight is 452 g/mol. The molecule has 2 amide bonds. The van der Waals surface area contributed by atoms with Crippen LogP contribution in [0, 0.1) is 33.8 Å². The van der Waals surface area contributed by atoms with Crippen molar-refractivity contribution in [1.29, 1.82) is 0 Å². The van der Waals surface area contributed by atoms with Crippen LogP contribution in [0.25, 0.3) is 0 Å². The lowest BCUT2D eigenvalue weighted by Gasteiger charge is -2.44. The van der Waals surface area contributed by atoms with Gasteiger partial charge in [-0.1, -0.05) is 25.1 Å². The van der Waals surface area contributed by atoms with Crippen molar-refractivity contribution in [1.82, 2.24) is 0 Å². The number of aromatic hydroxyl groups is 1. The number of hydrogen-bond donors (Lipinski definition) is 2.